The molecular weight excluding hydrogens is 489 g/mol. The molecule has 3 aromatic rings. The van der Waals surface area contributed by atoms with Crippen LogP contribution in [0.5, 0.6) is 5.75 Å². The number of hydrogen-bond donors (Lipinski definition) is 1. The fraction of sp³-hybridized carbons (Fsp3) is 0.423. The zero-order valence-electron chi connectivity index (χ0n) is 20.3. The quantitative estimate of drug-likeness (QED) is 0.436. The van der Waals surface area contributed by atoms with Gasteiger partial charge in [0.25, 0.3) is 11.8 Å². The predicted octanol–water partition coefficient (Wildman–Crippen LogP) is 3.92. The topological polar surface area (TPSA) is 85.7 Å². The Kier molecular flexibility index (Phi) is 6.80. The Bertz CT molecular complexity index is 1300. The zero-order valence-corrected chi connectivity index (χ0v) is 20.3. The minimum Gasteiger partial charge on any atom is -0.406 e. The molecule has 2 aliphatic rings. The van der Waals surface area contributed by atoms with Crippen molar-refractivity contribution in [3.63, 3.8) is 0 Å². The second kappa shape index (κ2) is 10.0. The van der Waals surface area contributed by atoms with E-state index in [1.807, 2.05) is 23.9 Å². The third kappa shape index (κ3) is 6.04. The number of alkyl halides is 3. The summed E-state index contributed by atoms with van der Waals surface area (Å²) in [5.41, 5.74) is 2.55. The number of fused-ring (bicyclic) bond motifs is 1. The summed E-state index contributed by atoms with van der Waals surface area (Å²) in [5.74, 6) is -0.553. The second-order valence-electron chi connectivity index (χ2n) is 9.50. The average Bonchev–Trinajstić information content (AvgIpc) is 3.55. The van der Waals surface area contributed by atoms with Gasteiger partial charge in [-0.25, -0.2) is 0 Å². The average molecular weight is 517 g/mol. The van der Waals surface area contributed by atoms with Gasteiger partial charge < -0.3 is 19.7 Å². The molecule has 196 valence electrons. The van der Waals surface area contributed by atoms with Crippen LogP contribution in [0.2, 0.25) is 0 Å². The van der Waals surface area contributed by atoms with E-state index in [1.54, 1.807) is 11.0 Å². The number of aromatic nitrogens is 2. The molecule has 37 heavy (non-hydrogen) atoms. The van der Waals surface area contributed by atoms with E-state index in [0.717, 1.165) is 41.4 Å². The number of carbonyl (C=O) groups excluding carboxylic acids is 2. The maximum absolute atomic E-state index is 12.6. The van der Waals surface area contributed by atoms with Crippen molar-refractivity contribution in [1.29, 1.82) is 0 Å². The summed E-state index contributed by atoms with van der Waals surface area (Å²) < 4.78 is 48.2. The first-order chi connectivity index (χ1) is 17.7. The Morgan fingerprint density at radius 2 is 1.84 bits per heavy atom. The van der Waals surface area contributed by atoms with Crippen LogP contribution in [0, 0.1) is 12.8 Å². The number of amides is 2. The molecule has 2 fully saturated rings. The van der Waals surface area contributed by atoms with E-state index in [1.165, 1.54) is 12.1 Å². The summed E-state index contributed by atoms with van der Waals surface area (Å²) in [7, 11) is 0. The van der Waals surface area contributed by atoms with Crippen molar-refractivity contribution in [2.45, 2.75) is 38.8 Å². The molecule has 2 heterocycles. The molecule has 0 spiro atoms. The number of ether oxygens (including phenoxy) is 2. The molecule has 0 radical (unpaired) electrons. The van der Waals surface area contributed by atoms with Gasteiger partial charge in [0.15, 0.2) is 0 Å². The van der Waals surface area contributed by atoms with Crippen molar-refractivity contribution in [3.05, 3.63) is 59.3 Å². The van der Waals surface area contributed by atoms with Crippen molar-refractivity contribution < 1.29 is 32.2 Å². The summed E-state index contributed by atoms with van der Waals surface area (Å²) in [6, 6.07) is 8.53. The van der Waals surface area contributed by atoms with Crippen molar-refractivity contribution >= 4 is 22.7 Å². The van der Waals surface area contributed by atoms with Crippen LogP contribution in [-0.2, 0) is 11.3 Å². The van der Waals surface area contributed by atoms with Gasteiger partial charge in [0, 0.05) is 54.8 Å². The number of hydrogen-bond acceptors (Lipinski definition) is 5. The van der Waals surface area contributed by atoms with Gasteiger partial charge in [-0.2, -0.15) is 5.10 Å². The minimum absolute atomic E-state index is 0.141. The minimum atomic E-state index is -4.77. The maximum atomic E-state index is 12.6. The number of carbonyl (C=O) groups is 2. The first-order valence-electron chi connectivity index (χ1n) is 12.2. The molecule has 2 amide bonds. The largest absolute Gasteiger partial charge is 0.573 e. The summed E-state index contributed by atoms with van der Waals surface area (Å²) in [5, 5.41) is 8.42. The standard InChI is InChI=1S/C26H27F3N4O4/c1-16-21(24(34)30-10-11-36-19-6-7-19)8-9-23-22(16)15-33(31-23)14-17-12-32(13-17)25(35)18-2-4-20(5-3-18)37-26(27,28)29/h2-5,8-9,15,17,19H,6-7,10-14H2,1H3,(H,30,34). The second-order valence-corrected chi connectivity index (χ2v) is 9.50. The highest BCUT2D eigenvalue weighted by atomic mass is 19.4. The van der Waals surface area contributed by atoms with Crippen LogP contribution in [0.15, 0.2) is 42.6 Å². The fourth-order valence-corrected chi connectivity index (χ4v) is 4.44. The number of aryl methyl sites for hydroxylation is 1. The SMILES string of the molecule is Cc1c(C(=O)NCCOC2CC2)ccc2nn(CC3CN(C(=O)c4ccc(OC(F)(F)F)cc4)C3)cc12. The van der Waals surface area contributed by atoms with E-state index < -0.39 is 6.36 Å². The van der Waals surface area contributed by atoms with Gasteiger partial charge in [-0.3, -0.25) is 14.3 Å². The lowest BCUT2D eigenvalue weighted by molar-refractivity contribution is -0.274. The number of rotatable bonds is 9. The normalized spacial score (nSPS) is 16.1. The maximum Gasteiger partial charge on any atom is 0.573 e. The number of halogens is 3. The van der Waals surface area contributed by atoms with Gasteiger partial charge in [0.05, 0.1) is 18.2 Å². The third-order valence-electron chi connectivity index (χ3n) is 6.54. The summed E-state index contributed by atoms with van der Waals surface area (Å²) in [6.07, 6.45) is -0.302. The summed E-state index contributed by atoms with van der Waals surface area (Å²) in [4.78, 5) is 26.9. The van der Waals surface area contributed by atoms with Gasteiger partial charge in [0.1, 0.15) is 5.75 Å². The lowest BCUT2D eigenvalue weighted by atomic mass is 9.99. The molecule has 0 bridgehead atoms. The number of nitrogens with one attached hydrogen (secondary N) is 1. The van der Waals surface area contributed by atoms with Crippen molar-refractivity contribution in [2.24, 2.45) is 5.92 Å². The van der Waals surface area contributed by atoms with Crippen LogP contribution in [0.3, 0.4) is 0 Å². The number of nitrogens with zero attached hydrogens (tertiary/aromatic N) is 3. The molecule has 11 heteroatoms. The van der Waals surface area contributed by atoms with Gasteiger partial charge in [-0.1, -0.05) is 0 Å². The van der Waals surface area contributed by atoms with E-state index >= 15 is 0 Å². The van der Waals surface area contributed by atoms with Gasteiger partial charge in [0.2, 0.25) is 0 Å². The van der Waals surface area contributed by atoms with Crippen molar-refractivity contribution in [1.82, 2.24) is 20.0 Å². The molecule has 5 rings (SSSR count). The lowest BCUT2D eigenvalue weighted by Crippen LogP contribution is -2.51. The molecule has 8 nitrogen and oxygen atoms in total. The fourth-order valence-electron chi connectivity index (χ4n) is 4.44. The van der Waals surface area contributed by atoms with Crippen LogP contribution in [0.1, 0.15) is 39.1 Å². The molecule has 1 N–H and O–H groups in total. The molecule has 1 saturated carbocycles. The van der Waals surface area contributed by atoms with Crippen molar-refractivity contribution in [3.8, 4) is 5.75 Å². The Balaban J connectivity index is 1.14. The van der Waals surface area contributed by atoms with Gasteiger partial charge >= 0.3 is 6.36 Å². The van der Waals surface area contributed by atoms with Crippen LogP contribution in [0.25, 0.3) is 10.9 Å². The summed E-state index contributed by atoms with van der Waals surface area (Å²) in [6.45, 7) is 4.52. The first kappa shape index (κ1) is 25.1. The Labute approximate surface area is 211 Å². The molecule has 1 aliphatic heterocycles. The molecule has 0 atom stereocenters. The monoisotopic (exact) mass is 516 g/mol. The van der Waals surface area contributed by atoms with E-state index in [4.69, 9.17) is 4.74 Å². The van der Waals surface area contributed by atoms with E-state index in [2.05, 4.69) is 15.2 Å². The van der Waals surface area contributed by atoms with Gasteiger partial charge in [-0.05, 0) is 61.7 Å². The molecule has 0 unspecified atom stereocenters. The van der Waals surface area contributed by atoms with E-state index in [9.17, 15) is 22.8 Å². The lowest BCUT2D eigenvalue weighted by Gasteiger charge is -2.39. The molecular formula is C26H27F3N4O4. The summed E-state index contributed by atoms with van der Waals surface area (Å²) >= 11 is 0. The third-order valence-corrected chi connectivity index (χ3v) is 6.54. The zero-order chi connectivity index (χ0) is 26.2. The molecule has 2 aromatic carbocycles. The Morgan fingerprint density at radius 3 is 2.51 bits per heavy atom. The molecule has 1 aromatic heterocycles. The molecule has 1 aliphatic carbocycles. The number of likely N-dealkylation sites (tertiary alicyclic amines) is 1. The van der Waals surface area contributed by atoms with Crippen LogP contribution >= 0.6 is 0 Å². The van der Waals surface area contributed by atoms with Crippen molar-refractivity contribution in [2.75, 3.05) is 26.2 Å². The van der Waals surface area contributed by atoms with Crippen LogP contribution in [-0.4, -0.2) is 65.2 Å². The van der Waals surface area contributed by atoms with Crippen LogP contribution < -0.4 is 10.1 Å². The van der Waals surface area contributed by atoms with E-state index in [0.29, 0.717) is 50.0 Å². The van der Waals surface area contributed by atoms with Crippen LogP contribution in [0.4, 0.5) is 13.2 Å². The highest BCUT2D eigenvalue weighted by Gasteiger charge is 2.33. The smallest absolute Gasteiger partial charge is 0.406 e. The Morgan fingerprint density at radius 1 is 1.11 bits per heavy atom. The van der Waals surface area contributed by atoms with E-state index in [-0.39, 0.29) is 23.5 Å². The Hall–Kier alpha value is -3.60. The highest BCUT2D eigenvalue weighted by Crippen LogP contribution is 2.26. The first-order valence-corrected chi connectivity index (χ1v) is 12.2. The number of benzene rings is 2. The predicted molar refractivity (Wildman–Crippen MR) is 128 cm³/mol. The highest BCUT2D eigenvalue weighted by molar-refractivity contribution is 6.00. The molecule has 1 saturated heterocycles. The van der Waals surface area contributed by atoms with Gasteiger partial charge in [-0.15, -0.1) is 13.2 Å².